The second kappa shape index (κ2) is 8.58. The van der Waals surface area contributed by atoms with Gasteiger partial charge in [-0.2, -0.15) is 5.10 Å². The number of hydrogen-bond acceptors (Lipinski definition) is 4. The maximum atomic E-state index is 11.6. The summed E-state index contributed by atoms with van der Waals surface area (Å²) in [5, 5.41) is 13.3. The highest BCUT2D eigenvalue weighted by Crippen LogP contribution is 2.13. The predicted octanol–water partition coefficient (Wildman–Crippen LogP) is 2.87. The molecule has 0 saturated carbocycles. The van der Waals surface area contributed by atoms with Gasteiger partial charge in [0, 0.05) is 5.56 Å². The number of hydrazone groups is 1. The summed E-state index contributed by atoms with van der Waals surface area (Å²) in [6.07, 6.45) is 3.51. The first kappa shape index (κ1) is 16.5. The third-order valence-corrected chi connectivity index (χ3v) is 3.16. The van der Waals surface area contributed by atoms with Gasteiger partial charge in [-0.05, 0) is 36.2 Å². The van der Waals surface area contributed by atoms with Crippen molar-refractivity contribution in [1.82, 2.24) is 5.43 Å². The lowest BCUT2D eigenvalue weighted by Crippen LogP contribution is -2.24. The number of rotatable bonds is 7. The number of nitrogens with zero attached hydrogens (tertiary/aromatic N) is 1. The minimum atomic E-state index is -0.366. The van der Waals surface area contributed by atoms with Crippen molar-refractivity contribution in [2.75, 3.05) is 6.61 Å². The van der Waals surface area contributed by atoms with Crippen molar-refractivity contribution in [3.05, 3.63) is 59.7 Å². The number of para-hydroxylation sites is 1. The van der Waals surface area contributed by atoms with Crippen molar-refractivity contribution in [3.8, 4) is 11.5 Å². The number of ether oxygens (including phenoxy) is 1. The topological polar surface area (TPSA) is 70.9 Å². The Morgan fingerprint density at radius 1 is 1.22 bits per heavy atom. The Hall–Kier alpha value is -2.82. The molecule has 0 aromatic heterocycles. The summed E-state index contributed by atoms with van der Waals surface area (Å²) >= 11 is 0. The largest absolute Gasteiger partial charge is 0.507 e. The van der Waals surface area contributed by atoms with E-state index in [1.54, 1.807) is 24.3 Å². The summed E-state index contributed by atoms with van der Waals surface area (Å²) in [7, 11) is 0. The lowest BCUT2D eigenvalue weighted by molar-refractivity contribution is -0.123. The van der Waals surface area contributed by atoms with Crippen LogP contribution in [0.1, 0.15) is 24.5 Å². The number of nitrogens with one attached hydrogen (secondary N) is 1. The molecular formula is C18H20N2O3. The average Bonchev–Trinajstić information content (AvgIpc) is 2.56. The van der Waals surface area contributed by atoms with E-state index < -0.39 is 0 Å². The predicted molar refractivity (Wildman–Crippen MR) is 89.8 cm³/mol. The molecule has 0 aliphatic heterocycles. The van der Waals surface area contributed by atoms with Crippen LogP contribution in [0.25, 0.3) is 0 Å². The van der Waals surface area contributed by atoms with E-state index in [1.165, 1.54) is 11.8 Å². The van der Waals surface area contributed by atoms with Crippen molar-refractivity contribution in [2.24, 2.45) is 5.10 Å². The lowest BCUT2D eigenvalue weighted by atomic mass is 10.1. The molecule has 0 bridgehead atoms. The molecule has 2 aromatic rings. The first-order valence-corrected chi connectivity index (χ1v) is 7.50. The van der Waals surface area contributed by atoms with Gasteiger partial charge in [0.15, 0.2) is 6.61 Å². The summed E-state index contributed by atoms with van der Waals surface area (Å²) in [5.74, 6) is 0.382. The van der Waals surface area contributed by atoms with Gasteiger partial charge in [-0.15, -0.1) is 0 Å². The van der Waals surface area contributed by atoms with Crippen molar-refractivity contribution in [3.63, 3.8) is 0 Å². The second-order valence-electron chi connectivity index (χ2n) is 5.03. The molecular weight excluding hydrogens is 292 g/mol. The number of benzene rings is 2. The Balaban J connectivity index is 1.78. The zero-order valence-electron chi connectivity index (χ0n) is 13.0. The maximum Gasteiger partial charge on any atom is 0.277 e. The molecule has 0 radical (unpaired) electrons. The van der Waals surface area contributed by atoms with Gasteiger partial charge in [-0.1, -0.05) is 37.6 Å². The fraction of sp³-hybridized carbons (Fsp3) is 0.222. The smallest absolute Gasteiger partial charge is 0.277 e. The monoisotopic (exact) mass is 312 g/mol. The third kappa shape index (κ3) is 5.47. The van der Waals surface area contributed by atoms with E-state index in [9.17, 15) is 9.90 Å². The van der Waals surface area contributed by atoms with Crippen molar-refractivity contribution >= 4 is 12.1 Å². The standard InChI is InChI=1S/C18H20N2O3/c1-2-5-14-8-10-16(11-9-14)23-13-18(22)20-19-12-15-6-3-4-7-17(15)21/h3-4,6-12,21H,2,5,13H2,1H3,(H,20,22). The van der Waals surface area contributed by atoms with Gasteiger partial charge >= 0.3 is 0 Å². The van der Waals surface area contributed by atoms with Gasteiger partial charge in [-0.3, -0.25) is 4.79 Å². The van der Waals surface area contributed by atoms with E-state index in [1.807, 2.05) is 24.3 Å². The van der Waals surface area contributed by atoms with Crippen molar-refractivity contribution < 1.29 is 14.6 Å². The molecule has 0 atom stereocenters. The second-order valence-corrected chi connectivity index (χ2v) is 5.03. The number of carbonyl (C=O) groups excluding carboxylic acids is 1. The molecule has 0 fully saturated rings. The van der Waals surface area contributed by atoms with Gasteiger partial charge in [0.1, 0.15) is 11.5 Å². The molecule has 0 aliphatic rings. The SMILES string of the molecule is CCCc1ccc(OCC(=O)NN=Cc2ccccc2O)cc1. The summed E-state index contributed by atoms with van der Waals surface area (Å²) < 4.78 is 5.39. The normalized spacial score (nSPS) is 10.7. The minimum Gasteiger partial charge on any atom is -0.507 e. The molecule has 0 unspecified atom stereocenters. The summed E-state index contributed by atoms with van der Waals surface area (Å²) in [6.45, 7) is 2.01. The van der Waals surface area contributed by atoms with E-state index in [4.69, 9.17) is 4.74 Å². The van der Waals surface area contributed by atoms with Crippen molar-refractivity contribution in [1.29, 1.82) is 0 Å². The van der Waals surface area contributed by atoms with Crippen LogP contribution in [0.5, 0.6) is 11.5 Å². The van der Waals surface area contributed by atoms with Crippen LogP contribution >= 0.6 is 0 Å². The van der Waals surface area contributed by atoms with Crippen LogP contribution in [-0.4, -0.2) is 23.8 Å². The zero-order valence-corrected chi connectivity index (χ0v) is 13.0. The summed E-state index contributed by atoms with van der Waals surface area (Å²) in [6, 6.07) is 14.4. The van der Waals surface area contributed by atoms with E-state index in [0.717, 1.165) is 12.8 Å². The zero-order chi connectivity index (χ0) is 16.5. The number of amides is 1. The van der Waals surface area contributed by atoms with E-state index in [2.05, 4.69) is 17.5 Å². The quantitative estimate of drug-likeness (QED) is 0.610. The molecule has 2 aromatic carbocycles. The number of aryl methyl sites for hydroxylation is 1. The summed E-state index contributed by atoms with van der Waals surface area (Å²) in [5.41, 5.74) is 4.13. The third-order valence-electron chi connectivity index (χ3n) is 3.16. The number of hydrogen-bond donors (Lipinski definition) is 2. The highest BCUT2D eigenvalue weighted by molar-refractivity contribution is 5.85. The molecule has 1 amide bonds. The first-order valence-electron chi connectivity index (χ1n) is 7.50. The van der Waals surface area contributed by atoms with Crippen LogP contribution in [0.4, 0.5) is 0 Å². The van der Waals surface area contributed by atoms with Gasteiger partial charge < -0.3 is 9.84 Å². The summed E-state index contributed by atoms with van der Waals surface area (Å²) in [4.78, 5) is 11.6. The van der Waals surface area contributed by atoms with Gasteiger partial charge in [-0.25, -0.2) is 5.43 Å². The highest BCUT2D eigenvalue weighted by atomic mass is 16.5. The fourth-order valence-electron chi connectivity index (χ4n) is 1.99. The molecule has 0 heterocycles. The lowest BCUT2D eigenvalue weighted by Gasteiger charge is -2.06. The van der Waals surface area contributed by atoms with Gasteiger partial charge in [0.25, 0.3) is 5.91 Å². The average molecular weight is 312 g/mol. The minimum absolute atomic E-state index is 0.105. The van der Waals surface area contributed by atoms with Crippen LogP contribution in [0.3, 0.4) is 0 Å². The van der Waals surface area contributed by atoms with Crippen molar-refractivity contribution in [2.45, 2.75) is 19.8 Å². The number of carbonyl (C=O) groups is 1. The van der Waals surface area contributed by atoms with E-state index >= 15 is 0 Å². The molecule has 2 N–H and O–H groups in total. The molecule has 5 heteroatoms. The van der Waals surface area contributed by atoms with Crippen LogP contribution in [0.15, 0.2) is 53.6 Å². The van der Waals surface area contributed by atoms with E-state index in [0.29, 0.717) is 11.3 Å². The van der Waals surface area contributed by atoms with Gasteiger partial charge in [0.05, 0.1) is 6.21 Å². The Morgan fingerprint density at radius 2 is 1.96 bits per heavy atom. The van der Waals surface area contributed by atoms with E-state index in [-0.39, 0.29) is 18.3 Å². The molecule has 5 nitrogen and oxygen atoms in total. The molecule has 120 valence electrons. The number of aromatic hydroxyl groups is 1. The maximum absolute atomic E-state index is 11.6. The Labute approximate surface area is 135 Å². The highest BCUT2D eigenvalue weighted by Gasteiger charge is 2.02. The molecule has 0 aliphatic carbocycles. The first-order chi connectivity index (χ1) is 11.2. The fourth-order valence-corrected chi connectivity index (χ4v) is 1.99. The van der Waals surface area contributed by atoms with Crippen LogP contribution < -0.4 is 10.2 Å². The Bertz CT molecular complexity index is 666. The molecule has 0 saturated heterocycles. The molecule has 23 heavy (non-hydrogen) atoms. The Kier molecular flexibility index (Phi) is 6.17. The van der Waals surface area contributed by atoms with Crippen LogP contribution in [0.2, 0.25) is 0 Å². The number of phenolic OH excluding ortho intramolecular Hbond substituents is 1. The van der Waals surface area contributed by atoms with Crippen LogP contribution in [-0.2, 0) is 11.2 Å². The number of phenols is 1. The molecule has 0 spiro atoms. The molecule has 2 rings (SSSR count). The van der Waals surface area contributed by atoms with Crippen LogP contribution in [0, 0.1) is 0 Å². The Morgan fingerprint density at radius 3 is 2.65 bits per heavy atom. The van der Waals surface area contributed by atoms with Gasteiger partial charge in [0.2, 0.25) is 0 Å².